The number of anilines is 2. The van der Waals surface area contributed by atoms with E-state index in [-0.39, 0.29) is 0 Å². The zero-order chi connectivity index (χ0) is 14.9. The monoisotopic (exact) mass is 289 g/mol. The van der Waals surface area contributed by atoms with E-state index < -0.39 is 6.03 Å². The van der Waals surface area contributed by atoms with E-state index >= 15 is 0 Å². The smallest absolute Gasteiger partial charge is 0.316 e. The number of nitrogens with two attached hydrogens (primary N) is 1. The highest BCUT2D eigenvalue weighted by Crippen LogP contribution is 2.58. The van der Waals surface area contributed by atoms with Gasteiger partial charge in [0, 0.05) is 29.4 Å². The Morgan fingerprint density at radius 2 is 2.00 bits per heavy atom. The average Bonchev–Trinajstić information content (AvgIpc) is 2.37. The van der Waals surface area contributed by atoms with Gasteiger partial charge in [0.05, 0.1) is 6.10 Å². The van der Waals surface area contributed by atoms with Crippen LogP contribution < -0.4 is 16.4 Å². The Labute approximate surface area is 125 Å². The lowest BCUT2D eigenvalue weighted by atomic mass is 9.51. The number of urea groups is 1. The Morgan fingerprint density at radius 1 is 1.33 bits per heavy atom. The van der Waals surface area contributed by atoms with Crippen LogP contribution in [0.25, 0.3) is 0 Å². The molecule has 2 unspecified atom stereocenters. The number of amides is 2. The first kappa shape index (κ1) is 14.2. The molecule has 5 heteroatoms. The molecule has 1 spiro atoms. The summed E-state index contributed by atoms with van der Waals surface area (Å²) in [5.41, 5.74) is 7.24. The number of nitrogens with one attached hydrogen (secondary N) is 2. The van der Waals surface area contributed by atoms with Gasteiger partial charge in [0.1, 0.15) is 0 Å². The number of hydrogen-bond acceptors (Lipinski definition) is 3. The third kappa shape index (κ3) is 2.58. The number of ether oxygens (including phenoxy) is 1. The fourth-order valence-corrected chi connectivity index (χ4v) is 3.63. The molecule has 0 heterocycles. The molecule has 2 atom stereocenters. The van der Waals surface area contributed by atoms with Crippen LogP contribution in [0.3, 0.4) is 0 Å². The third-order valence-electron chi connectivity index (χ3n) is 4.93. The topological polar surface area (TPSA) is 76.4 Å². The second-order valence-electron chi connectivity index (χ2n) is 6.03. The van der Waals surface area contributed by atoms with E-state index in [2.05, 4.69) is 17.6 Å². The van der Waals surface area contributed by atoms with E-state index in [1.807, 2.05) is 24.3 Å². The van der Waals surface area contributed by atoms with Crippen LogP contribution in [0.4, 0.5) is 16.2 Å². The Kier molecular flexibility index (Phi) is 3.76. The molecule has 2 aliphatic carbocycles. The summed E-state index contributed by atoms with van der Waals surface area (Å²) in [4.78, 5) is 10.8. The van der Waals surface area contributed by atoms with Gasteiger partial charge in [0.2, 0.25) is 0 Å². The number of rotatable bonds is 5. The lowest BCUT2D eigenvalue weighted by molar-refractivity contribution is -0.157. The highest BCUT2D eigenvalue weighted by atomic mass is 16.5. The Hall–Kier alpha value is -1.75. The first-order chi connectivity index (χ1) is 10.1. The average molecular weight is 289 g/mol. The van der Waals surface area contributed by atoms with E-state index in [0.717, 1.165) is 18.7 Å². The minimum atomic E-state index is -0.539. The summed E-state index contributed by atoms with van der Waals surface area (Å²) in [5, 5.41) is 6.18. The zero-order valence-corrected chi connectivity index (χ0v) is 12.4. The van der Waals surface area contributed by atoms with Crippen LogP contribution in [-0.4, -0.2) is 24.8 Å². The molecule has 0 aliphatic heterocycles. The lowest BCUT2D eigenvalue weighted by Gasteiger charge is -2.61. The highest BCUT2D eigenvalue weighted by Gasteiger charge is 2.58. The molecule has 114 valence electrons. The number of hydrogen-bond donors (Lipinski definition) is 3. The molecule has 0 aromatic heterocycles. The summed E-state index contributed by atoms with van der Waals surface area (Å²) < 4.78 is 5.87. The molecule has 1 aromatic rings. The predicted octanol–water partition coefficient (Wildman–Crippen LogP) is 2.94. The van der Waals surface area contributed by atoms with Crippen molar-refractivity contribution < 1.29 is 9.53 Å². The van der Waals surface area contributed by atoms with Gasteiger partial charge in [-0.3, -0.25) is 0 Å². The van der Waals surface area contributed by atoms with E-state index in [1.54, 1.807) is 0 Å². The molecule has 2 saturated carbocycles. The van der Waals surface area contributed by atoms with Crippen LogP contribution >= 0.6 is 0 Å². The lowest BCUT2D eigenvalue weighted by Crippen LogP contribution is -2.64. The summed E-state index contributed by atoms with van der Waals surface area (Å²) in [6.45, 7) is 2.87. The Morgan fingerprint density at radius 3 is 2.52 bits per heavy atom. The van der Waals surface area contributed by atoms with Gasteiger partial charge in [-0.2, -0.15) is 0 Å². The molecule has 0 radical (unpaired) electrons. The van der Waals surface area contributed by atoms with Crippen LogP contribution in [0, 0.1) is 5.41 Å². The molecule has 1 aromatic carbocycles. The van der Waals surface area contributed by atoms with Gasteiger partial charge in [0.25, 0.3) is 0 Å². The van der Waals surface area contributed by atoms with Gasteiger partial charge in [-0.15, -0.1) is 0 Å². The van der Waals surface area contributed by atoms with Gasteiger partial charge in [-0.25, -0.2) is 4.79 Å². The van der Waals surface area contributed by atoms with Crippen molar-refractivity contribution in [2.45, 2.75) is 44.8 Å². The van der Waals surface area contributed by atoms with Gasteiger partial charge >= 0.3 is 6.03 Å². The first-order valence-electron chi connectivity index (χ1n) is 7.69. The zero-order valence-electron chi connectivity index (χ0n) is 12.4. The number of carbonyl (C=O) groups excluding carboxylic acids is 1. The Bertz CT molecular complexity index is 511. The van der Waals surface area contributed by atoms with Crippen LogP contribution in [0.1, 0.15) is 32.6 Å². The van der Waals surface area contributed by atoms with E-state index in [0.29, 0.717) is 23.2 Å². The maximum atomic E-state index is 10.8. The predicted molar refractivity (Wildman–Crippen MR) is 83.4 cm³/mol. The summed E-state index contributed by atoms with van der Waals surface area (Å²) >= 11 is 0. The minimum absolute atomic E-state index is 0.347. The number of primary amides is 1. The molecular formula is C16H23N3O2. The van der Waals surface area contributed by atoms with Crippen molar-refractivity contribution in [3.8, 4) is 0 Å². The van der Waals surface area contributed by atoms with Gasteiger partial charge in [-0.1, -0.05) is 6.42 Å². The van der Waals surface area contributed by atoms with E-state index in [9.17, 15) is 4.79 Å². The van der Waals surface area contributed by atoms with Crippen molar-refractivity contribution in [1.29, 1.82) is 0 Å². The number of benzene rings is 1. The van der Waals surface area contributed by atoms with Crippen molar-refractivity contribution in [3.05, 3.63) is 24.3 Å². The molecule has 0 saturated heterocycles. The molecule has 2 fully saturated rings. The van der Waals surface area contributed by atoms with E-state index in [1.165, 1.54) is 19.3 Å². The standard InChI is InChI=1S/C16H23N3O2/c1-2-21-14-10-13(16(14)8-3-9-16)18-11-4-6-12(7-5-11)19-15(17)20/h4-7,13-14,18H,2-3,8-10H2,1H3,(H3,17,19,20). The van der Waals surface area contributed by atoms with Crippen molar-refractivity contribution in [1.82, 2.24) is 0 Å². The van der Waals surface area contributed by atoms with Crippen molar-refractivity contribution in [2.24, 2.45) is 11.1 Å². The van der Waals surface area contributed by atoms with E-state index in [4.69, 9.17) is 10.5 Å². The maximum Gasteiger partial charge on any atom is 0.316 e. The van der Waals surface area contributed by atoms with Crippen molar-refractivity contribution >= 4 is 17.4 Å². The maximum absolute atomic E-state index is 10.8. The van der Waals surface area contributed by atoms with Crippen molar-refractivity contribution in [2.75, 3.05) is 17.2 Å². The molecular weight excluding hydrogens is 266 g/mol. The van der Waals surface area contributed by atoms with Crippen molar-refractivity contribution in [3.63, 3.8) is 0 Å². The van der Waals surface area contributed by atoms with Gasteiger partial charge in [-0.05, 0) is 50.5 Å². The highest BCUT2D eigenvalue weighted by molar-refractivity contribution is 5.87. The van der Waals surface area contributed by atoms with Crippen LogP contribution in [0.2, 0.25) is 0 Å². The number of carbonyl (C=O) groups is 1. The normalized spacial score (nSPS) is 25.8. The SMILES string of the molecule is CCOC1CC(Nc2ccc(NC(N)=O)cc2)C12CCC2. The largest absolute Gasteiger partial charge is 0.382 e. The second-order valence-corrected chi connectivity index (χ2v) is 6.03. The molecule has 5 nitrogen and oxygen atoms in total. The summed E-state index contributed by atoms with van der Waals surface area (Å²) in [7, 11) is 0. The van der Waals surface area contributed by atoms with Crippen LogP contribution in [-0.2, 0) is 4.74 Å². The van der Waals surface area contributed by atoms with Crippen LogP contribution in [0.5, 0.6) is 0 Å². The van der Waals surface area contributed by atoms with Gasteiger partial charge in [0.15, 0.2) is 0 Å². The summed E-state index contributed by atoms with van der Waals surface area (Å²) in [6, 6.07) is 7.64. The molecule has 3 rings (SSSR count). The Balaban J connectivity index is 1.61. The first-order valence-corrected chi connectivity index (χ1v) is 7.69. The van der Waals surface area contributed by atoms with Crippen LogP contribution in [0.15, 0.2) is 24.3 Å². The summed E-state index contributed by atoms with van der Waals surface area (Å²) in [5.74, 6) is 0. The van der Waals surface area contributed by atoms with Gasteiger partial charge < -0.3 is 21.1 Å². The molecule has 2 aliphatic rings. The summed E-state index contributed by atoms with van der Waals surface area (Å²) in [6.07, 6.45) is 5.33. The minimum Gasteiger partial charge on any atom is -0.382 e. The fraction of sp³-hybridized carbons (Fsp3) is 0.562. The quantitative estimate of drug-likeness (QED) is 0.780. The second kappa shape index (κ2) is 5.56. The third-order valence-corrected chi connectivity index (χ3v) is 4.93. The molecule has 4 N–H and O–H groups in total. The molecule has 2 amide bonds. The fourth-order valence-electron chi connectivity index (χ4n) is 3.63. The molecule has 21 heavy (non-hydrogen) atoms. The molecule has 0 bridgehead atoms.